The molecular weight excluding hydrogens is 287 g/mol. The lowest BCUT2D eigenvalue weighted by Gasteiger charge is -2.25. The number of anilines is 1. The van der Waals surface area contributed by atoms with Gasteiger partial charge in [0.2, 0.25) is 0 Å². The number of hydrogen-bond donors (Lipinski definition) is 1. The van der Waals surface area contributed by atoms with Crippen molar-refractivity contribution in [3.63, 3.8) is 0 Å². The Morgan fingerprint density at radius 2 is 2.00 bits per heavy atom. The smallest absolute Gasteiger partial charge is 0.308 e. The first kappa shape index (κ1) is 15.6. The summed E-state index contributed by atoms with van der Waals surface area (Å²) in [5.41, 5.74) is 0.313. The fraction of sp³-hybridized carbons (Fsp3) is 0.188. The molecule has 6 heteroatoms. The molecule has 114 valence electrons. The topological polar surface area (TPSA) is 70.5 Å². The fourth-order valence-electron chi connectivity index (χ4n) is 1.96. The highest BCUT2D eigenvalue weighted by Crippen LogP contribution is 2.22. The summed E-state index contributed by atoms with van der Waals surface area (Å²) in [5.74, 6) is -2.97. The number of carboxylic acid groups (broad SMARTS) is 1. The zero-order chi connectivity index (χ0) is 16.1. The molecule has 1 aromatic carbocycles. The van der Waals surface area contributed by atoms with Crippen LogP contribution in [0.3, 0.4) is 0 Å². The van der Waals surface area contributed by atoms with E-state index in [4.69, 9.17) is 5.11 Å². The summed E-state index contributed by atoms with van der Waals surface area (Å²) in [5, 5.41) is 9.06. The van der Waals surface area contributed by atoms with Crippen molar-refractivity contribution >= 4 is 17.6 Å². The largest absolute Gasteiger partial charge is 0.481 e. The third-order valence-corrected chi connectivity index (χ3v) is 3.17. The predicted octanol–water partition coefficient (Wildman–Crippen LogP) is 2.59. The van der Waals surface area contributed by atoms with Crippen molar-refractivity contribution in [1.29, 1.82) is 0 Å². The van der Waals surface area contributed by atoms with Crippen molar-refractivity contribution in [2.45, 2.75) is 6.92 Å². The molecule has 22 heavy (non-hydrogen) atoms. The van der Waals surface area contributed by atoms with E-state index >= 15 is 0 Å². The van der Waals surface area contributed by atoms with Gasteiger partial charge in [-0.1, -0.05) is 19.1 Å². The highest BCUT2D eigenvalue weighted by Gasteiger charge is 2.25. The number of amides is 1. The van der Waals surface area contributed by atoms with E-state index in [0.29, 0.717) is 0 Å². The molecule has 0 aliphatic rings. The first-order chi connectivity index (χ1) is 10.5. The third kappa shape index (κ3) is 3.46. The number of carbonyl (C=O) groups excluding carboxylic acids is 1. The van der Waals surface area contributed by atoms with Crippen molar-refractivity contribution in [3.05, 3.63) is 60.2 Å². The lowest BCUT2D eigenvalue weighted by molar-refractivity contribution is -0.140. The molecule has 5 nitrogen and oxygen atoms in total. The zero-order valence-corrected chi connectivity index (χ0v) is 11.9. The molecule has 0 aliphatic carbocycles. The minimum atomic E-state index is -1.06. The van der Waals surface area contributed by atoms with E-state index in [1.54, 1.807) is 18.2 Å². The highest BCUT2D eigenvalue weighted by atomic mass is 19.1. The number of para-hydroxylation sites is 1. The summed E-state index contributed by atoms with van der Waals surface area (Å²) >= 11 is 0. The quantitative estimate of drug-likeness (QED) is 0.921. The van der Waals surface area contributed by atoms with Crippen molar-refractivity contribution in [3.8, 4) is 0 Å². The number of rotatable bonds is 5. The summed E-state index contributed by atoms with van der Waals surface area (Å²) in [7, 11) is 0. The van der Waals surface area contributed by atoms with Gasteiger partial charge in [-0.3, -0.25) is 14.6 Å². The average molecular weight is 302 g/mol. The van der Waals surface area contributed by atoms with E-state index in [9.17, 15) is 14.0 Å². The van der Waals surface area contributed by atoms with Crippen LogP contribution in [0.5, 0.6) is 0 Å². The van der Waals surface area contributed by atoms with Crippen molar-refractivity contribution in [2.24, 2.45) is 5.92 Å². The van der Waals surface area contributed by atoms with Crippen LogP contribution < -0.4 is 4.90 Å². The molecule has 0 aliphatic heterocycles. The monoisotopic (exact) mass is 302 g/mol. The minimum Gasteiger partial charge on any atom is -0.481 e. The molecule has 1 atom stereocenters. The van der Waals surface area contributed by atoms with Crippen LogP contribution in [0.1, 0.15) is 17.3 Å². The van der Waals surface area contributed by atoms with Crippen molar-refractivity contribution < 1.29 is 19.1 Å². The molecule has 0 saturated heterocycles. The number of hydrogen-bond acceptors (Lipinski definition) is 3. The van der Waals surface area contributed by atoms with Gasteiger partial charge < -0.3 is 10.0 Å². The van der Waals surface area contributed by atoms with Crippen molar-refractivity contribution in [1.82, 2.24) is 4.98 Å². The number of carbonyl (C=O) groups is 2. The van der Waals surface area contributed by atoms with Gasteiger partial charge >= 0.3 is 5.97 Å². The average Bonchev–Trinajstić information content (AvgIpc) is 2.53. The molecule has 0 saturated carbocycles. The Labute approximate surface area is 127 Å². The van der Waals surface area contributed by atoms with Gasteiger partial charge in [-0.25, -0.2) is 4.39 Å². The maximum atomic E-state index is 14.0. The molecule has 1 amide bonds. The third-order valence-electron chi connectivity index (χ3n) is 3.17. The molecule has 1 unspecified atom stereocenters. The molecule has 1 N–H and O–H groups in total. The van der Waals surface area contributed by atoms with Crippen LogP contribution >= 0.6 is 0 Å². The molecule has 1 aromatic heterocycles. The van der Waals surface area contributed by atoms with Crippen LogP contribution in [0.4, 0.5) is 10.1 Å². The maximum Gasteiger partial charge on any atom is 0.308 e. The second kappa shape index (κ2) is 6.80. The molecule has 2 rings (SSSR count). The zero-order valence-electron chi connectivity index (χ0n) is 11.9. The molecular formula is C16H15FN2O3. The van der Waals surface area contributed by atoms with E-state index < -0.39 is 23.6 Å². The van der Waals surface area contributed by atoms with Crippen LogP contribution in [-0.4, -0.2) is 28.5 Å². The van der Waals surface area contributed by atoms with Gasteiger partial charge in [0, 0.05) is 18.9 Å². The Morgan fingerprint density at radius 3 is 2.59 bits per heavy atom. The number of aliphatic carboxylic acids is 1. The van der Waals surface area contributed by atoms with Crippen molar-refractivity contribution in [2.75, 3.05) is 11.4 Å². The summed E-state index contributed by atoms with van der Waals surface area (Å²) in [4.78, 5) is 28.6. The first-order valence-electron chi connectivity index (χ1n) is 6.70. The summed E-state index contributed by atoms with van der Waals surface area (Å²) in [6.45, 7) is 1.33. The lowest BCUT2D eigenvalue weighted by atomic mass is 10.1. The fourth-order valence-corrected chi connectivity index (χ4v) is 1.96. The highest BCUT2D eigenvalue weighted by molar-refractivity contribution is 6.06. The molecule has 0 spiro atoms. The summed E-state index contributed by atoms with van der Waals surface area (Å²) < 4.78 is 14.0. The summed E-state index contributed by atoms with van der Waals surface area (Å²) in [6, 6.07) is 8.91. The van der Waals surface area contributed by atoms with Gasteiger partial charge in [-0.2, -0.15) is 0 Å². The van der Waals surface area contributed by atoms with E-state index in [-0.39, 0.29) is 17.8 Å². The number of carboxylic acids is 1. The Balaban J connectivity index is 2.40. The number of benzene rings is 1. The predicted molar refractivity (Wildman–Crippen MR) is 79.1 cm³/mol. The second-order valence-electron chi connectivity index (χ2n) is 4.85. The van der Waals surface area contributed by atoms with E-state index in [1.807, 2.05) is 0 Å². The number of halogens is 1. The van der Waals surface area contributed by atoms with Crippen LogP contribution in [-0.2, 0) is 4.79 Å². The first-order valence-corrected chi connectivity index (χ1v) is 6.70. The van der Waals surface area contributed by atoms with Crippen LogP contribution in [0.25, 0.3) is 0 Å². The molecule has 0 bridgehead atoms. The second-order valence-corrected chi connectivity index (χ2v) is 4.85. The van der Waals surface area contributed by atoms with Crippen LogP contribution in [0.15, 0.2) is 48.8 Å². The molecule has 2 aromatic rings. The SMILES string of the molecule is CC(CN(C(=O)c1cccnc1)c1ccccc1F)C(=O)O. The normalized spacial score (nSPS) is 11.7. The number of pyridine rings is 1. The van der Waals surface area contributed by atoms with E-state index in [0.717, 1.165) is 4.90 Å². The van der Waals surface area contributed by atoms with Crippen LogP contribution in [0, 0.1) is 11.7 Å². The van der Waals surface area contributed by atoms with Gasteiger partial charge in [0.05, 0.1) is 17.2 Å². The van der Waals surface area contributed by atoms with Gasteiger partial charge in [-0.05, 0) is 24.3 Å². The molecule has 0 radical (unpaired) electrons. The van der Waals surface area contributed by atoms with Crippen LogP contribution in [0.2, 0.25) is 0 Å². The Morgan fingerprint density at radius 1 is 1.27 bits per heavy atom. The maximum absolute atomic E-state index is 14.0. The van der Waals surface area contributed by atoms with E-state index in [1.165, 1.54) is 37.5 Å². The van der Waals surface area contributed by atoms with Gasteiger partial charge in [0.1, 0.15) is 5.82 Å². The minimum absolute atomic E-state index is 0.0458. The standard InChI is InChI=1S/C16H15FN2O3/c1-11(16(21)22)10-19(14-7-3-2-6-13(14)17)15(20)12-5-4-8-18-9-12/h2-9,11H,10H2,1H3,(H,21,22). The Kier molecular flexibility index (Phi) is 4.83. The number of aromatic nitrogens is 1. The number of nitrogens with zero attached hydrogens (tertiary/aromatic N) is 2. The molecule has 1 heterocycles. The Bertz CT molecular complexity index is 676. The Hall–Kier alpha value is -2.76. The van der Waals surface area contributed by atoms with E-state index in [2.05, 4.69) is 4.98 Å². The molecule has 0 fully saturated rings. The summed E-state index contributed by atoms with van der Waals surface area (Å²) in [6.07, 6.45) is 2.88. The van der Waals surface area contributed by atoms with Gasteiger partial charge in [0.25, 0.3) is 5.91 Å². The lowest BCUT2D eigenvalue weighted by Crippen LogP contribution is -2.37. The van der Waals surface area contributed by atoms with Gasteiger partial charge in [-0.15, -0.1) is 0 Å². The van der Waals surface area contributed by atoms with Gasteiger partial charge in [0.15, 0.2) is 0 Å².